The van der Waals surface area contributed by atoms with E-state index in [1.54, 1.807) is 0 Å². The number of aryl methyl sites for hydroxylation is 1. The Hall–Kier alpha value is -4.25. The molecule has 1 aromatic heterocycles. The molecule has 1 N–H and O–H groups in total. The number of hydrogen-bond acceptors (Lipinski definition) is 4. The van der Waals surface area contributed by atoms with Crippen molar-refractivity contribution in [3.63, 3.8) is 0 Å². The van der Waals surface area contributed by atoms with Gasteiger partial charge in [-0.15, -0.1) is 0 Å². The van der Waals surface area contributed by atoms with Crippen LogP contribution >= 0.6 is 0 Å². The number of rotatable bonds is 5. The number of anilines is 1. The summed E-state index contributed by atoms with van der Waals surface area (Å²) in [5.41, 5.74) is 7.98. The third-order valence-electron chi connectivity index (χ3n) is 6.73. The number of nitrogens with one attached hydrogen (secondary N) is 1. The van der Waals surface area contributed by atoms with E-state index in [2.05, 4.69) is 23.5 Å². The summed E-state index contributed by atoms with van der Waals surface area (Å²) in [7, 11) is 0. The van der Waals surface area contributed by atoms with Gasteiger partial charge in [-0.3, -0.25) is 4.79 Å². The normalized spacial score (nSPS) is 13.9. The molecular weight excluding hydrogens is 448 g/mol. The second-order valence-electron chi connectivity index (χ2n) is 9.14. The highest BCUT2D eigenvalue weighted by atomic mass is 16.5. The quantitative estimate of drug-likeness (QED) is 0.333. The maximum Gasteiger partial charge on any atom is 0.339 e. The van der Waals surface area contributed by atoms with Crippen LogP contribution in [-0.2, 0) is 16.0 Å². The van der Waals surface area contributed by atoms with E-state index in [1.165, 1.54) is 0 Å². The number of carbonyl (C=O) groups is 2. The summed E-state index contributed by atoms with van der Waals surface area (Å²) in [5, 5.41) is 3.60. The summed E-state index contributed by atoms with van der Waals surface area (Å²) in [6.45, 7) is 3.58. The summed E-state index contributed by atoms with van der Waals surface area (Å²) < 4.78 is 5.56. The zero-order chi connectivity index (χ0) is 25.1. The number of fused-ring (bicyclic) bond motifs is 2. The van der Waals surface area contributed by atoms with Crippen molar-refractivity contribution in [3.8, 4) is 0 Å². The van der Waals surface area contributed by atoms with Crippen LogP contribution in [0, 0.1) is 13.8 Å². The Morgan fingerprint density at radius 2 is 1.72 bits per heavy atom. The number of para-hydroxylation sites is 1. The summed E-state index contributed by atoms with van der Waals surface area (Å²) in [5.74, 6) is -0.865. The molecule has 5 rings (SSSR count). The first-order chi connectivity index (χ1) is 17.5. The van der Waals surface area contributed by atoms with Crippen molar-refractivity contribution < 1.29 is 14.3 Å². The molecule has 1 aliphatic carbocycles. The molecule has 0 aliphatic heterocycles. The predicted octanol–water partition coefficient (Wildman–Crippen LogP) is 6.52. The van der Waals surface area contributed by atoms with Gasteiger partial charge < -0.3 is 10.1 Å². The molecule has 3 aromatic carbocycles. The van der Waals surface area contributed by atoms with Crippen molar-refractivity contribution in [1.82, 2.24) is 4.98 Å². The molecule has 5 nitrogen and oxygen atoms in total. The summed E-state index contributed by atoms with van der Waals surface area (Å²) in [6.07, 6.45) is 4.68. The first kappa shape index (κ1) is 23.5. The Bertz CT molecular complexity index is 1490. The zero-order valence-corrected chi connectivity index (χ0v) is 20.5. The van der Waals surface area contributed by atoms with Gasteiger partial charge in [-0.25, -0.2) is 9.78 Å². The van der Waals surface area contributed by atoms with Crippen LogP contribution in [0.4, 0.5) is 5.69 Å². The number of nitrogens with zero attached hydrogens (tertiary/aromatic N) is 1. The van der Waals surface area contributed by atoms with Crippen LogP contribution in [0.25, 0.3) is 22.6 Å². The number of aromatic nitrogens is 1. The first-order valence-electron chi connectivity index (χ1n) is 12.2. The predicted molar refractivity (Wildman–Crippen MR) is 144 cm³/mol. The number of pyridine rings is 1. The fourth-order valence-corrected chi connectivity index (χ4v) is 4.73. The zero-order valence-electron chi connectivity index (χ0n) is 20.5. The van der Waals surface area contributed by atoms with Crippen LogP contribution in [0.2, 0.25) is 0 Å². The number of esters is 1. The molecule has 180 valence electrons. The highest BCUT2D eigenvalue weighted by Crippen LogP contribution is 2.36. The summed E-state index contributed by atoms with van der Waals surface area (Å²) in [4.78, 5) is 31.0. The molecule has 1 amide bonds. The highest BCUT2D eigenvalue weighted by molar-refractivity contribution is 6.07. The minimum atomic E-state index is -0.498. The molecule has 36 heavy (non-hydrogen) atoms. The number of hydrogen-bond donors (Lipinski definition) is 1. The number of allylic oxidation sites excluding steroid dienone is 1. The Labute approximate surface area is 210 Å². The lowest BCUT2D eigenvalue weighted by atomic mass is 9.86. The monoisotopic (exact) mass is 476 g/mol. The highest BCUT2D eigenvalue weighted by Gasteiger charge is 2.26. The standard InChI is InChI=1S/C31H28N2O3/c1-20-10-8-17-26(21(20)2)32-28(34)19-36-31(35)29-24-14-6-7-16-27(24)33-30-23(13-9-15-25(29)30)18-22-11-4-3-5-12-22/h3-8,10-12,14,16-18H,9,13,15,19H2,1-2H3,(H,32,34)/b23-18-. The number of amides is 1. The molecular formula is C31H28N2O3. The topological polar surface area (TPSA) is 68.3 Å². The van der Waals surface area contributed by atoms with Gasteiger partial charge in [0.15, 0.2) is 6.61 Å². The third kappa shape index (κ3) is 4.78. The van der Waals surface area contributed by atoms with Gasteiger partial charge in [0.2, 0.25) is 0 Å². The van der Waals surface area contributed by atoms with Gasteiger partial charge in [-0.2, -0.15) is 0 Å². The molecule has 5 heteroatoms. The Morgan fingerprint density at radius 3 is 2.56 bits per heavy atom. The largest absolute Gasteiger partial charge is 0.452 e. The molecule has 4 aromatic rings. The Kier molecular flexibility index (Phi) is 6.63. The van der Waals surface area contributed by atoms with E-state index in [9.17, 15) is 9.59 Å². The molecule has 0 spiro atoms. The smallest absolute Gasteiger partial charge is 0.339 e. The SMILES string of the molecule is Cc1cccc(NC(=O)COC(=O)c2c3c(nc4ccccc24)/C(=C\c2ccccc2)CCC3)c1C. The van der Waals surface area contributed by atoms with E-state index in [4.69, 9.17) is 9.72 Å². The molecule has 0 saturated carbocycles. The van der Waals surface area contributed by atoms with E-state index in [0.717, 1.165) is 69.4 Å². The van der Waals surface area contributed by atoms with Crippen molar-refractivity contribution in [2.45, 2.75) is 33.1 Å². The third-order valence-corrected chi connectivity index (χ3v) is 6.73. The number of ether oxygens (including phenoxy) is 1. The maximum absolute atomic E-state index is 13.4. The van der Waals surface area contributed by atoms with Gasteiger partial charge in [0.25, 0.3) is 5.91 Å². The maximum atomic E-state index is 13.4. The molecule has 0 radical (unpaired) electrons. The summed E-state index contributed by atoms with van der Waals surface area (Å²) in [6, 6.07) is 23.5. The minimum absolute atomic E-state index is 0.357. The molecule has 1 aliphatic rings. The second kappa shape index (κ2) is 10.2. The van der Waals surface area contributed by atoms with Crippen molar-refractivity contribution in [2.75, 3.05) is 11.9 Å². The van der Waals surface area contributed by atoms with Crippen molar-refractivity contribution in [3.05, 3.63) is 106 Å². The molecule has 0 saturated heterocycles. The second-order valence-corrected chi connectivity index (χ2v) is 9.14. The number of carbonyl (C=O) groups excluding carboxylic acids is 2. The lowest BCUT2D eigenvalue weighted by Crippen LogP contribution is -2.23. The minimum Gasteiger partial charge on any atom is -0.452 e. The molecule has 0 bridgehead atoms. The van der Waals surface area contributed by atoms with Gasteiger partial charge in [0.05, 0.1) is 16.8 Å². The lowest BCUT2D eigenvalue weighted by Gasteiger charge is -2.22. The van der Waals surface area contributed by atoms with E-state index < -0.39 is 5.97 Å². The fraction of sp³-hybridized carbons (Fsp3) is 0.194. The van der Waals surface area contributed by atoms with Crippen LogP contribution in [0.5, 0.6) is 0 Å². The van der Waals surface area contributed by atoms with E-state index in [0.29, 0.717) is 5.56 Å². The van der Waals surface area contributed by atoms with E-state index in [-0.39, 0.29) is 12.5 Å². The van der Waals surface area contributed by atoms with Gasteiger partial charge in [0.1, 0.15) is 0 Å². The van der Waals surface area contributed by atoms with Gasteiger partial charge in [-0.05, 0) is 79.1 Å². The van der Waals surface area contributed by atoms with Crippen LogP contribution in [0.3, 0.4) is 0 Å². The van der Waals surface area contributed by atoms with Crippen molar-refractivity contribution in [2.24, 2.45) is 0 Å². The molecule has 0 fully saturated rings. The average molecular weight is 477 g/mol. The number of benzene rings is 3. The first-order valence-corrected chi connectivity index (χ1v) is 12.2. The Balaban J connectivity index is 1.45. The van der Waals surface area contributed by atoms with Gasteiger partial charge in [-0.1, -0.05) is 60.7 Å². The average Bonchev–Trinajstić information content (AvgIpc) is 2.89. The van der Waals surface area contributed by atoms with Crippen LogP contribution in [0.1, 0.15) is 51.1 Å². The molecule has 0 atom stereocenters. The van der Waals surface area contributed by atoms with Gasteiger partial charge in [0, 0.05) is 11.1 Å². The van der Waals surface area contributed by atoms with Gasteiger partial charge >= 0.3 is 5.97 Å². The summed E-state index contributed by atoms with van der Waals surface area (Å²) >= 11 is 0. The molecule has 0 unspecified atom stereocenters. The van der Waals surface area contributed by atoms with Crippen LogP contribution in [-0.4, -0.2) is 23.5 Å². The lowest BCUT2D eigenvalue weighted by molar-refractivity contribution is -0.119. The van der Waals surface area contributed by atoms with E-state index >= 15 is 0 Å². The molecule has 1 heterocycles. The van der Waals surface area contributed by atoms with Crippen molar-refractivity contribution >= 4 is 40.1 Å². The van der Waals surface area contributed by atoms with Crippen LogP contribution < -0.4 is 5.32 Å². The Morgan fingerprint density at radius 1 is 0.944 bits per heavy atom. The van der Waals surface area contributed by atoms with Crippen molar-refractivity contribution in [1.29, 1.82) is 0 Å². The fourth-order valence-electron chi connectivity index (χ4n) is 4.73. The van der Waals surface area contributed by atoms with Crippen LogP contribution in [0.15, 0.2) is 72.8 Å². The van der Waals surface area contributed by atoms with E-state index in [1.807, 2.05) is 74.5 Å².